The lowest BCUT2D eigenvalue weighted by molar-refractivity contribution is -0.145. The maximum absolute atomic E-state index is 10.9. The number of rotatable bonds is 10. The first kappa shape index (κ1) is 20.8. The van der Waals surface area contributed by atoms with Gasteiger partial charge in [0.25, 0.3) is 0 Å². The van der Waals surface area contributed by atoms with Crippen LogP contribution >= 0.6 is 0 Å². The van der Waals surface area contributed by atoms with Crippen LogP contribution in [-0.2, 0) is 38.1 Å². The molecule has 0 bridgehead atoms. The van der Waals surface area contributed by atoms with Crippen LogP contribution in [0.4, 0.5) is 0 Å². The molecule has 0 fully saturated rings. The van der Waals surface area contributed by atoms with E-state index in [9.17, 15) is 19.2 Å². The van der Waals surface area contributed by atoms with Gasteiger partial charge in [0.1, 0.15) is 26.4 Å². The van der Waals surface area contributed by atoms with Gasteiger partial charge in [-0.3, -0.25) is 24.5 Å². The maximum Gasteiger partial charge on any atom is 0.302 e. The second kappa shape index (κ2) is 11.4. The Labute approximate surface area is 134 Å². The van der Waals surface area contributed by atoms with Crippen molar-refractivity contribution in [2.24, 2.45) is 0 Å². The molecule has 0 saturated carbocycles. The third kappa shape index (κ3) is 13.2. The van der Waals surface area contributed by atoms with Crippen LogP contribution in [0.25, 0.3) is 0 Å². The van der Waals surface area contributed by atoms with Gasteiger partial charge in [0.15, 0.2) is 0 Å². The monoisotopic (exact) mass is 333 g/mol. The van der Waals surface area contributed by atoms with Crippen molar-refractivity contribution in [2.75, 3.05) is 26.4 Å². The normalized spacial score (nSPS) is 10.3. The van der Waals surface area contributed by atoms with Crippen LogP contribution in [-0.4, -0.2) is 62.4 Å². The molecule has 23 heavy (non-hydrogen) atoms. The molecule has 0 aliphatic heterocycles. The van der Waals surface area contributed by atoms with Gasteiger partial charge in [-0.1, -0.05) is 0 Å². The first-order valence-electron chi connectivity index (χ1n) is 7.00. The van der Waals surface area contributed by atoms with E-state index in [1.54, 1.807) is 0 Å². The van der Waals surface area contributed by atoms with Gasteiger partial charge in [0.2, 0.25) is 0 Å². The lowest BCUT2D eigenvalue weighted by Gasteiger charge is -2.24. The van der Waals surface area contributed by atoms with Gasteiger partial charge in [-0.25, -0.2) is 0 Å². The van der Waals surface area contributed by atoms with Crippen molar-refractivity contribution in [1.82, 2.24) is 5.32 Å². The van der Waals surface area contributed by atoms with Crippen LogP contribution in [0.2, 0.25) is 0 Å². The average molecular weight is 333 g/mol. The van der Waals surface area contributed by atoms with Crippen molar-refractivity contribution >= 4 is 23.9 Å². The van der Waals surface area contributed by atoms with Crippen molar-refractivity contribution < 1.29 is 38.1 Å². The summed E-state index contributed by atoms with van der Waals surface area (Å²) in [4.78, 5) is 43.6. The van der Waals surface area contributed by atoms with E-state index in [2.05, 4.69) is 5.32 Å². The Balaban J connectivity index is 4.67. The Bertz CT molecular complexity index is 349. The summed E-state index contributed by atoms with van der Waals surface area (Å²) in [5.41, 5.74) is 0. The molecule has 0 rings (SSSR count). The molecule has 1 N–H and O–H groups in total. The van der Waals surface area contributed by atoms with Crippen molar-refractivity contribution in [3.63, 3.8) is 0 Å². The van der Waals surface area contributed by atoms with Gasteiger partial charge in [-0.15, -0.1) is 0 Å². The van der Waals surface area contributed by atoms with Gasteiger partial charge >= 0.3 is 23.9 Å². The number of carbonyl (C=O) groups excluding carboxylic acids is 4. The zero-order valence-electron chi connectivity index (χ0n) is 13.7. The summed E-state index contributed by atoms with van der Waals surface area (Å²) in [6.45, 7) is 4.77. The topological polar surface area (TPSA) is 117 Å². The zero-order valence-corrected chi connectivity index (χ0v) is 13.7. The summed E-state index contributed by atoms with van der Waals surface area (Å²) >= 11 is 0. The summed E-state index contributed by atoms with van der Waals surface area (Å²) in [5, 5.41) is 2.97. The predicted octanol–water partition coefficient (Wildman–Crippen LogP) is -0.434. The molecule has 0 radical (unpaired) electrons. The highest BCUT2D eigenvalue weighted by Gasteiger charge is 2.20. The Morgan fingerprint density at radius 1 is 0.609 bits per heavy atom. The molecule has 0 atom stereocenters. The highest BCUT2D eigenvalue weighted by molar-refractivity contribution is 5.67. The van der Waals surface area contributed by atoms with Crippen molar-refractivity contribution in [3.05, 3.63) is 0 Å². The summed E-state index contributed by atoms with van der Waals surface area (Å²) in [6.07, 6.45) is 0. The number of hydrogen-bond donors (Lipinski definition) is 1. The molecular formula is C14H23NO8. The second-order valence-electron chi connectivity index (χ2n) is 4.77. The third-order valence-corrected chi connectivity index (χ3v) is 2.42. The minimum Gasteiger partial charge on any atom is -0.464 e. The Hall–Kier alpha value is -2.16. The SMILES string of the molecule is CC(=O)OCC(COC(C)=O)NC(COC(C)=O)COC(C)=O. The number of nitrogens with one attached hydrogen (secondary N) is 1. The van der Waals surface area contributed by atoms with Gasteiger partial charge in [0, 0.05) is 27.7 Å². The van der Waals surface area contributed by atoms with Crippen molar-refractivity contribution in [1.29, 1.82) is 0 Å². The molecule has 0 heterocycles. The summed E-state index contributed by atoms with van der Waals surface area (Å²) < 4.78 is 19.5. The summed E-state index contributed by atoms with van der Waals surface area (Å²) in [6, 6.07) is -1.09. The molecule has 9 heteroatoms. The van der Waals surface area contributed by atoms with Gasteiger partial charge in [-0.2, -0.15) is 0 Å². The first-order valence-corrected chi connectivity index (χ1v) is 7.00. The van der Waals surface area contributed by atoms with E-state index in [0.717, 1.165) is 0 Å². The highest BCUT2D eigenvalue weighted by Crippen LogP contribution is 1.97. The largest absolute Gasteiger partial charge is 0.464 e. The zero-order chi connectivity index (χ0) is 17.8. The van der Waals surface area contributed by atoms with Gasteiger partial charge in [0.05, 0.1) is 12.1 Å². The molecule has 0 aromatic rings. The maximum atomic E-state index is 10.9. The van der Waals surface area contributed by atoms with Crippen LogP contribution in [0.15, 0.2) is 0 Å². The number of esters is 4. The average Bonchev–Trinajstić information content (AvgIpc) is 2.43. The Morgan fingerprint density at radius 3 is 1.00 bits per heavy atom. The molecule has 0 saturated heterocycles. The minimum atomic E-state index is -0.543. The summed E-state index contributed by atoms with van der Waals surface area (Å²) in [5.74, 6) is -1.96. The molecule has 0 amide bonds. The van der Waals surface area contributed by atoms with Crippen molar-refractivity contribution in [3.8, 4) is 0 Å². The number of hydrogen-bond acceptors (Lipinski definition) is 9. The van der Waals surface area contributed by atoms with E-state index < -0.39 is 36.0 Å². The fraction of sp³-hybridized carbons (Fsp3) is 0.714. The first-order chi connectivity index (χ1) is 10.7. The fourth-order valence-corrected chi connectivity index (χ4v) is 1.49. The van der Waals surface area contributed by atoms with Crippen LogP contribution in [0.5, 0.6) is 0 Å². The highest BCUT2D eigenvalue weighted by atomic mass is 16.6. The van der Waals surface area contributed by atoms with E-state index in [-0.39, 0.29) is 26.4 Å². The lowest BCUT2D eigenvalue weighted by atomic mass is 10.2. The number of carbonyl (C=O) groups is 4. The molecule has 9 nitrogen and oxygen atoms in total. The van der Waals surface area contributed by atoms with E-state index >= 15 is 0 Å². The van der Waals surface area contributed by atoms with E-state index in [1.165, 1.54) is 27.7 Å². The minimum absolute atomic E-state index is 0.0563. The molecule has 0 aromatic carbocycles. The van der Waals surface area contributed by atoms with Gasteiger partial charge < -0.3 is 18.9 Å². The lowest BCUT2D eigenvalue weighted by Crippen LogP contribution is -2.49. The fourth-order valence-electron chi connectivity index (χ4n) is 1.49. The Kier molecular flexibility index (Phi) is 10.3. The van der Waals surface area contributed by atoms with E-state index in [4.69, 9.17) is 18.9 Å². The Morgan fingerprint density at radius 2 is 0.826 bits per heavy atom. The quantitative estimate of drug-likeness (QED) is 0.419. The summed E-state index contributed by atoms with van der Waals surface area (Å²) in [7, 11) is 0. The van der Waals surface area contributed by atoms with Gasteiger partial charge in [-0.05, 0) is 0 Å². The smallest absolute Gasteiger partial charge is 0.302 e. The standard InChI is InChI=1S/C14H23NO8/c1-9(16)20-5-13(6-21-10(2)17)15-14(7-22-11(3)18)8-23-12(4)19/h13-15H,5-8H2,1-4H3. The van der Waals surface area contributed by atoms with E-state index in [0.29, 0.717) is 0 Å². The third-order valence-electron chi connectivity index (χ3n) is 2.42. The number of ether oxygens (including phenoxy) is 4. The second-order valence-corrected chi connectivity index (χ2v) is 4.77. The molecule has 0 aliphatic rings. The molecular weight excluding hydrogens is 310 g/mol. The van der Waals surface area contributed by atoms with Crippen LogP contribution in [0.3, 0.4) is 0 Å². The molecule has 0 unspecified atom stereocenters. The predicted molar refractivity (Wildman–Crippen MR) is 77.2 cm³/mol. The van der Waals surface area contributed by atoms with Crippen LogP contribution in [0.1, 0.15) is 27.7 Å². The van der Waals surface area contributed by atoms with Crippen molar-refractivity contribution in [2.45, 2.75) is 39.8 Å². The molecule has 0 aromatic heterocycles. The van der Waals surface area contributed by atoms with Crippen LogP contribution < -0.4 is 5.32 Å². The molecule has 132 valence electrons. The van der Waals surface area contributed by atoms with E-state index in [1.807, 2.05) is 0 Å². The molecule has 0 spiro atoms. The molecule has 0 aliphatic carbocycles. The van der Waals surface area contributed by atoms with Crippen LogP contribution in [0, 0.1) is 0 Å².